The maximum Gasteiger partial charge on any atom is 0.158 e. The second kappa shape index (κ2) is 10.4. The van der Waals surface area contributed by atoms with E-state index in [0.29, 0.717) is 24.0 Å². The van der Waals surface area contributed by atoms with Gasteiger partial charge in [-0.1, -0.05) is 31.4 Å². The van der Waals surface area contributed by atoms with Crippen LogP contribution in [0.2, 0.25) is 0 Å². The molecule has 0 atom stereocenters. The minimum Gasteiger partial charge on any atom is -0.396 e. The van der Waals surface area contributed by atoms with Gasteiger partial charge in [-0.05, 0) is 25.2 Å². The summed E-state index contributed by atoms with van der Waals surface area (Å²) in [4.78, 5) is 12.6. The van der Waals surface area contributed by atoms with E-state index in [4.69, 9.17) is 10.4 Å². The van der Waals surface area contributed by atoms with E-state index in [0.717, 1.165) is 17.8 Å². The number of hydrogen-bond acceptors (Lipinski definition) is 7. The Morgan fingerprint density at radius 3 is 2.64 bits per heavy atom. The minimum absolute atomic E-state index is 0.131. The van der Waals surface area contributed by atoms with Crippen molar-refractivity contribution in [3.05, 3.63) is 42.0 Å². The van der Waals surface area contributed by atoms with Gasteiger partial charge in [0.2, 0.25) is 0 Å². The van der Waals surface area contributed by atoms with Crippen LogP contribution < -0.4 is 10.6 Å². The summed E-state index contributed by atoms with van der Waals surface area (Å²) in [6.45, 7) is 1.08. The molecule has 2 aromatic rings. The molecule has 7 heteroatoms. The van der Waals surface area contributed by atoms with E-state index in [1.54, 1.807) is 6.20 Å². The van der Waals surface area contributed by atoms with Crippen molar-refractivity contribution >= 4 is 23.4 Å². The Kier molecular flexibility index (Phi) is 7.33. The number of aliphatic hydroxyl groups excluding tert-OH is 1. The summed E-state index contributed by atoms with van der Waals surface area (Å²) >= 11 is 0. The Morgan fingerprint density at radius 1 is 1.11 bits per heavy atom. The molecular weight excluding hydrogens is 352 g/mol. The first kappa shape index (κ1) is 19.8. The zero-order chi connectivity index (χ0) is 19.6. The van der Waals surface area contributed by atoms with Crippen molar-refractivity contribution in [2.75, 3.05) is 23.8 Å². The third-order valence-electron chi connectivity index (χ3n) is 4.86. The van der Waals surface area contributed by atoms with Gasteiger partial charge in [0.25, 0.3) is 0 Å². The van der Waals surface area contributed by atoms with Gasteiger partial charge < -0.3 is 15.7 Å². The number of aliphatic hydroxyl groups is 1. The first-order valence-electron chi connectivity index (χ1n) is 9.79. The van der Waals surface area contributed by atoms with Crippen LogP contribution in [0.1, 0.15) is 49.8 Å². The molecule has 0 aromatic carbocycles. The lowest BCUT2D eigenvalue weighted by Crippen LogP contribution is -2.17. The van der Waals surface area contributed by atoms with E-state index in [1.807, 2.05) is 24.3 Å². The van der Waals surface area contributed by atoms with E-state index in [9.17, 15) is 0 Å². The van der Waals surface area contributed by atoms with Crippen LogP contribution in [-0.2, 0) is 0 Å². The molecule has 0 saturated heterocycles. The highest BCUT2D eigenvalue weighted by Gasteiger charge is 2.14. The first-order chi connectivity index (χ1) is 13.8. The molecule has 1 saturated carbocycles. The van der Waals surface area contributed by atoms with Crippen molar-refractivity contribution in [1.29, 1.82) is 5.26 Å². The summed E-state index contributed by atoms with van der Waals surface area (Å²) in [6, 6.07) is 3.91. The van der Waals surface area contributed by atoms with Crippen molar-refractivity contribution in [2.45, 2.75) is 38.5 Å². The van der Waals surface area contributed by atoms with Crippen molar-refractivity contribution < 1.29 is 5.11 Å². The molecule has 0 bridgehead atoms. The van der Waals surface area contributed by atoms with Crippen LogP contribution in [-0.4, -0.2) is 33.2 Å². The Balaban J connectivity index is 1.74. The second-order valence-electron chi connectivity index (χ2n) is 6.98. The number of aromatic nitrogens is 3. The van der Waals surface area contributed by atoms with Crippen LogP contribution in [0, 0.1) is 17.2 Å². The predicted molar refractivity (Wildman–Crippen MR) is 110 cm³/mol. The average molecular weight is 378 g/mol. The third-order valence-corrected chi connectivity index (χ3v) is 4.86. The summed E-state index contributed by atoms with van der Waals surface area (Å²) in [5.41, 5.74) is 2.26. The summed E-state index contributed by atoms with van der Waals surface area (Å²) in [5.74, 6) is 1.90. The van der Waals surface area contributed by atoms with Crippen LogP contribution in [0.25, 0.3) is 6.08 Å². The Morgan fingerprint density at radius 2 is 1.93 bits per heavy atom. The van der Waals surface area contributed by atoms with Gasteiger partial charge in [0.15, 0.2) is 5.69 Å². The number of pyridine rings is 1. The fraction of sp³-hybridized carbons (Fsp3) is 0.429. The van der Waals surface area contributed by atoms with E-state index in [-0.39, 0.29) is 12.3 Å². The molecule has 7 nitrogen and oxygen atoms in total. The highest BCUT2D eigenvalue weighted by molar-refractivity contribution is 5.70. The van der Waals surface area contributed by atoms with Gasteiger partial charge in [0.1, 0.15) is 17.7 Å². The minimum atomic E-state index is 0.131. The summed E-state index contributed by atoms with van der Waals surface area (Å²) in [7, 11) is 0. The summed E-state index contributed by atoms with van der Waals surface area (Å²) < 4.78 is 0. The number of rotatable bonds is 8. The number of anilines is 3. The molecule has 0 amide bonds. The lowest BCUT2D eigenvalue weighted by molar-refractivity contribution is 0.303. The molecule has 1 aliphatic carbocycles. The molecule has 0 radical (unpaired) electrons. The van der Waals surface area contributed by atoms with Crippen LogP contribution in [0.5, 0.6) is 0 Å². The Labute approximate surface area is 165 Å². The zero-order valence-corrected chi connectivity index (χ0v) is 15.9. The Hall–Kier alpha value is -2.98. The van der Waals surface area contributed by atoms with E-state index >= 15 is 0 Å². The lowest BCUT2D eigenvalue weighted by Gasteiger charge is -2.23. The first-order valence-corrected chi connectivity index (χ1v) is 9.79. The van der Waals surface area contributed by atoms with E-state index in [2.05, 4.69) is 25.6 Å². The monoisotopic (exact) mass is 378 g/mol. The van der Waals surface area contributed by atoms with Gasteiger partial charge >= 0.3 is 0 Å². The van der Waals surface area contributed by atoms with Crippen molar-refractivity contribution in [3.63, 3.8) is 0 Å². The van der Waals surface area contributed by atoms with Crippen LogP contribution in [0.3, 0.4) is 0 Å². The number of nitriles is 1. The molecule has 3 N–H and O–H groups in total. The van der Waals surface area contributed by atoms with Crippen molar-refractivity contribution in [1.82, 2.24) is 15.0 Å². The molecule has 0 unspecified atom stereocenters. The Bertz CT molecular complexity index is 822. The fourth-order valence-electron chi connectivity index (χ4n) is 3.33. The zero-order valence-electron chi connectivity index (χ0n) is 15.9. The molecular formula is C21H26N6O. The quantitative estimate of drug-likeness (QED) is 0.640. The van der Waals surface area contributed by atoms with Crippen LogP contribution >= 0.6 is 0 Å². The summed E-state index contributed by atoms with van der Waals surface area (Å²) in [5, 5.41) is 24.5. The maximum absolute atomic E-state index is 9.01. The summed E-state index contributed by atoms with van der Waals surface area (Å²) in [6.07, 6.45) is 15.8. The topological polar surface area (TPSA) is 107 Å². The van der Waals surface area contributed by atoms with Crippen molar-refractivity contribution in [3.8, 4) is 6.07 Å². The van der Waals surface area contributed by atoms with E-state index < -0.39 is 0 Å². The molecule has 146 valence electrons. The fourth-order valence-corrected chi connectivity index (χ4v) is 3.33. The normalized spacial score (nSPS) is 14.7. The molecule has 0 spiro atoms. The average Bonchev–Trinajstić information content (AvgIpc) is 2.75. The van der Waals surface area contributed by atoms with Gasteiger partial charge in [0.05, 0.1) is 12.4 Å². The molecule has 28 heavy (non-hydrogen) atoms. The molecule has 1 aliphatic rings. The standard InChI is InChI=1S/C21H26N6O/c22-11-18-14-26-21(15-23-18)27-20-10-19(17(13-25-20)8-4-5-9-28)24-12-16-6-2-1-3-7-16/h4,8,10,13-16,28H,1-3,5-7,9,12H2,(H2,24,25,26,27)/b8-4+. The van der Waals surface area contributed by atoms with Crippen LogP contribution in [0.4, 0.5) is 17.3 Å². The number of hydrogen-bond donors (Lipinski definition) is 3. The highest BCUT2D eigenvalue weighted by atomic mass is 16.2. The van der Waals surface area contributed by atoms with Gasteiger partial charge in [-0.3, -0.25) is 0 Å². The molecule has 2 heterocycles. The number of nitrogens with zero attached hydrogens (tertiary/aromatic N) is 4. The largest absolute Gasteiger partial charge is 0.396 e. The smallest absolute Gasteiger partial charge is 0.158 e. The third kappa shape index (κ3) is 5.76. The van der Waals surface area contributed by atoms with Crippen molar-refractivity contribution in [2.24, 2.45) is 5.92 Å². The van der Waals surface area contributed by atoms with Gasteiger partial charge in [-0.25, -0.2) is 15.0 Å². The van der Waals surface area contributed by atoms with Gasteiger partial charge in [-0.15, -0.1) is 0 Å². The van der Waals surface area contributed by atoms with Crippen LogP contribution in [0.15, 0.2) is 30.7 Å². The highest BCUT2D eigenvalue weighted by Crippen LogP contribution is 2.26. The second-order valence-corrected chi connectivity index (χ2v) is 6.98. The number of nitrogens with one attached hydrogen (secondary N) is 2. The molecule has 3 rings (SSSR count). The SMILES string of the molecule is N#Cc1cnc(Nc2cc(NCC3CCCCC3)c(/C=C/CCO)cn2)cn1. The van der Waals surface area contributed by atoms with Gasteiger partial charge in [-0.2, -0.15) is 5.26 Å². The molecule has 1 fully saturated rings. The molecule has 2 aromatic heterocycles. The van der Waals surface area contributed by atoms with E-state index in [1.165, 1.54) is 44.5 Å². The van der Waals surface area contributed by atoms with Gasteiger partial charge in [0, 0.05) is 36.7 Å². The predicted octanol–water partition coefficient (Wildman–Crippen LogP) is 3.87. The lowest BCUT2D eigenvalue weighted by atomic mass is 9.89. The maximum atomic E-state index is 9.01. The molecule has 0 aliphatic heterocycles.